The van der Waals surface area contributed by atoms with Crippen LogP contribution in [0.5, 0.6) is 0 Å². The summed E-state index contributed by atoms with van der Waals surface area (Å²) in [5.41, 5.74) is -0.598. The SMILES string of the molecule is CCC(C)(C)C(=O)O[C@H]1C[C@@H](C(=O)NC2CCCCC2)C[C@@H]2CC[C@H](C)[C@H](CC[C@@H](O)C[C@@H](O)CC(=O)O)[C@@H]21. The van der Waals surface area contributed by atoms with Crippen LogP contribution in [0.15, 0.2) is 0 Å². The molecule has 224 valence electrons. The van der Waals surface area contributed by atoms with Crippen LogP contribution >= 0.6 is 0 Å². The van der Waals surface area contributed by atoms with E-state index >= 15 is 0 Å². The summed E-state index contributed by atoms with van der Waals surface area (Å²) >= 11 is 0. The van der Waals surface area contributed by atoms with Gasteiger partial charge in [0.2, 0.25) is 5.91 Å². The van der Waals surface area contributed by atoms with Gasteiger partial charge in [-0.2, -0.15) is 0 Å². The van der Waals surface area contributed by atoms with Crippen molar-refractivity contribution in [3.63, 3.8) is 0 Å². The van der Waals surface area contributed by atoms with E-state index in [1.54, 1.807) is 0 Å². The van der Waals surface area contributed by atoms with Gasteiger partial charge >= 0.3 is 11.9 Å². The number of aliphatic hydroxyl groups is 2. The molecule has 0 heterocycles. The molecule has 1 amide bonds. The number of carbonyl (C=O) groups excluding carboxylic acids is 2. The molecule has 3 rings (SSSR count). The molecule has 0 aromatic heterocycles. The number of nitrogens with one attached hydrogen (secondary N) is 1. The standard InChI is InChI=1S/C31H53NO7/c1-5-31(3,4)30(38)39-26-16-21(29(37)32-22-9-7-6-8-10-22)15-20-12-11-19(2)25(28(20)26)14-13-23(33)17-24(34)18-27(35)36/h19-26,28,33-34H,5-18H2,1-4H3,(H,32,37)(H,35,36)/t19-,20-,21-,23+,24+,25-,26-,28+/m0/s1. The van der Waals surface area contributed by atoms with Crippen LogP contribution in [-0.4, -0.2) is 57.5 Å². The van der Waals surface area contributed by atoms with Crippen LogP contribution in [0.2, 0.25) is 0 Å². The third kappa shape index (κ3) is 8.91. The van der Waals surface area contributed by atoms with Crippen molar-refractivity contribution in [3.8, 4) is 0 Å². The number of ether oxygens (including phenoxy) is 1. The first-order chi connectivity index (χ1) is 18.4. The van der Waals surface area contributed by atoms with Gasteiger partial charge in [0.1, 0.15) is 6.10 Å². The fourth-order valence-electron chi connectivity index (χ4n) is 7.29. The Morgan fingerprint density at radius 1 is 1.00 bits per heavy atom. The number of aliphatic carboxylic acids is 1. The zero-order valence-corrected chi connectivity index (χ0v) is 24.6. The maximum absolute atomic E-state index is 13.4. The Hall–Kier alpha value is -1.67. The van der Waals surface area contributed by atoms with Crippen molar-refractivity contribution in [3.05, 3.63) is 0 Å². The number of aliphatic hydroxyl groups excluding tert-OH is 2. The topological polar surface area (TPSA) is 133 Å². The minimum absolute atomic E-state index is 0.0357. The number of fused-ring (bicyclic) bond motifs is 1. The molecular formula is C31H53NO7. The minimum atomic E-state index is -1.08. The van der Waals surface area contributed by atoms with Crippen LogP contribution in [-0.2, 0) is 19.1 Å². The van der Waals surface area contributed by atoms with Crippen LogP contribution in [0.4, 0.5) is 0 Å². The summed E-state index contributed by atoms with van der Waals surface area (Å²) in [6, 6.07) is 0.251. The lowest BCUT2D eigenvalue weighted by molar-refractivity contribution is -0.175. The molecule has 4 N–H and O–H groups in total. The van der Waals surface area contributed by atoms with Gasteiger partial charge in [-0.15, -0.1) is 0 Å². The highest BCUT2D eigenvalue weighted by Crippen LogP contribution is 2.51. The maximum atomic E-state index is 13.4. The highest BCUT2D eigenvalue weighted by molar-refractivity contribution is 5.79. The van der Waals surface area contributed by atoms with Crippen LogP contribution in [0.25, 0.3) is 0 Å². The molecule has 8 nitrogen and oxygen atoms in total. The number of hydrogen-bond donors (Lipinski definition) is 4. The zero-order chi connectivity index (χ0) is 28.7. The predicted octanol–water partition coefficient (Wildman–Crippen LogP) is 4.84. The number of esters is 1. The van der Waals surface area contributed by atoms with Crippen molar-refractivity contribution in [2.24, 2.45) is 35.0 Å². The first kappa shape index (κ1) is 31.9. The average Bonchev–Trinajstić information content (AvgIpc) is 2.88. The van der Waals surface area contributed by atoms with Crippen molar-refractivity contribution >= 4 is 17.8 Å². The Bertz CT molecular complexity index is 824. The summed E-state index contributed by atoms with van der Waals surface area (Å²) in [6.45, 7) is 8.02. The molecule has 3 aliphatic rings. The van der Waals surface area contributed by atoms with E-state index in [1.807, 2.05) is 20.8 Å². The Labute approximate surface area is 234 Å². The lowest BCUT2D eigenvalue weighted by Gasteiger charge is -2.50. The Morgan fingerprint density at radius 3 is 2.33 bits per heavy atom. The van der Waals surface area contributed by atoms with Gasteiger partial charge in [-0.3, -0.25) is 14.4 Å². The molecule has 0 saturated heterocycles. The van der Waals surface area contributed by atoms with E-state index < -0.39 is 23.6 Å². The van der Waals surface area contributed by atoms with Crippen LogP contribution < -0.4 is 5.32 Å². The highest BCUT2D eigenvalue weighted by Gasteiger charge is 2.49. The minimum Gasteiger partial charge on any atom is -0.481 e. The molecule has 3 aliphatic carbocycles. The molecule has 0 aliphatic heterocycles. The molecule has 0 aromatic carbocycles. The number of carboxylic acid groups (broad SMARTS) is 1. The van der Waals surface area contributed by atoms with E-state index in [1.165, 1.54) is 6.42 Å². The number of carbonyl (C=O) groups is 3. The largest absolute Gasteiger partial charge is 0.481 e. The highest BCUT2D eigenvalue weighted by atomic mass is 16.5. The third-order valence-corrected chi connectivity index (χ3v) is 10.1. The quantitative estimate of drug-likeness (QED) is 0.255. The Balaban J connectivity index is 1.74. The monoisotopic (exact) mass is 551 g/mol. The van der Waals surface area contributed by atoms with Gasteiger partial charge in [0.15, 0.2) is 0 Å². The average molecular weight is 552 g/mol. The number of rotatable bonds is 12. The van der Waals surface area contributed by atoms with Gasteiger partial charge in [0.25, 0.3) is 0 Å². The van der Waals surface area contributed by atoms with Crippen LogP contribution in [0.3, 0.4) is 0 Å². The molecule has 8 heteroatoms. The number of carboxylic acids is 1. The summed E-state index contributed by atoms with van der Waals surface area (Å²) in [4.78, 5) is 37.6. The summed E-state index contributed by atoms with van der Waals surface area (Å²) in [5.74, 6) is -0.344. The number of hydrogen-bond acceptors (Lipinski definition) is 6. The summed E-state index contributed by atoms with van der Waals surface area (Å²) < 4.78 is 6.29. The second-order valence-corrected chi connectivity index (χ2v) is 13.5. The van der Waals surface area contributed by atoms with Crippen molar-refractivity contribution in [1.29, 1.82) is 0 Å². The van der Waals surface area contributed by atoms with Crippen molar-refractivity contribution < 1.29 is 34.4 Å². The van der Waals surface area contributed by atoms with Crippen LogP contribution in [0.1, 0.15) is 118 Å². The van der Waals surface area contributed by atoms with Gasteiger partial charge < -0.3 is 25.4 Å². The van der Waals surface area contributed by atoms with Gasteiger partial charge in [0, 0.05) is 17.9 Å². The molecule has 8 atom stereocenters. The summed E-state index contributed by atoms with van der Waals surface area (Å²) in [6.07, 6.45) is 8.30. The maximum Gasteiger partial charge on any atom is 0.311 e. The second kappa shape index (κ2) is 14.3. The summed E-state index contributed by atoms with van der Waals surface area (Å²) in [5, 5.41) is 32.8. The molecule has 39 heavy (non-hydrogen) atoms. The Morgan fingerprint density at radius 2 is 1.69 bits per heavy atom. The van der Waals surface area contributed by atoms with E-state index in [0.29, 0.717) is 31.6 Å². The van der Waals surface area contributed by atoms with E-state index in [0.717, 1.165) is 44.9 Å². The molecule has 3 fully saturated rings. The zero-order valence-electron chi connectivity index (χ0n) is 24.6. The van der Waals surface area contributed by atoms with Gasteiger partial charge in [-0.05, 0) is 89.4 Å². The smallest absolute Gasteiger partial charge is 0.311 e. The van der Waals surface area contributed by atoms with Crippen molar-refractivity contribution in [2.45, 2.75) is 142 Å². The molecule has 0 unspecified atom stereocenters. The van der Waals surface area contributed by atoms with Crippen LogP contribution in [0, 0.1) is 35.0 Å². The van der Waals surface area contributed by atoms with Crippen molar-refractivity contribution in [2.75, 3.05) is 0 Å². The molecule has 3 saturated carbocycles. The second-order valence-electron chi connectivity index (χ2n) is 13.5. The van der Waals surface area contributed by atoms with E-state index in [-0.39, 0.29) is 60.5 Å². The molecule has 0 bridgehead atoms. The van der Waals surface area contributed by atoms with Gasteiger partial charge in [-0.1, -0.05) is 39.5 Å². The lowest BCUT2D eigenvalue weighted by Crippen LogP contribution is -2.51. The fourth-order valence-corrected chi connectivity index (χ4v) is 7.29. The first-order valence-electron chi connectivity index (χ1n) is 15.5. The normalized spacial score (nSPS) is 31.5. The molecular weight excluding hydrogens is 498 g/mol. The van der Waals surface area contributed by atoms with E-state index in [9.17, 15) is 24.6 Å². The van der Waals surface area contributed by atoms with E-state index in [2.05, 4.69) is 12.2 Å². The molecule has 0 radical (unpaired) electrons. The third-order valence-electron chi connectivity index (χ3n) is 10.1. The van der Waals surface area contributed by atoms with Gasteiger partial charge in [0.05, 0.1) is 24.0 Å². The number of amides is 1. The molecule has 0 spiro atoms. The molecule has 0 aromatic rings. The van der Waals surface area contributed by atoms with Crippen molar-refractivity contribution in [1.82, 2.24) is 5.32 Å². The lowest BCUT2D eigenvalue weighted by atomic mass is 9.57. The summed E-state index contributed by atoms with van der Waals surface area (Å²) in [7, 11) is 0. The van der Waals surface area contributed by atoms with Gasteiger partial charge in [-0.25, -0.2) is 0 Å². The Kier molecular flexibility index (Phi) is 11.7. The fraction of sp³-hybridized carbons (Fsp3) is 0.903. The first-order valence-corrected chi connectivity index (χ1v) is 15.5. The van der Waals surface area contributed by atoms with E-state index in [4.69, 9.17) is 9.84 Å². The predicted molar refractivity (Wildman–Crippen MR) is 149 cm³/mol.